The molecule has 1 saturated carbocycles. The van der Waals surface area contributed by atoms with E-state index in [2.05, 4.69) is 6.92 Å². The fourth-order valence-corrected chi connectivity index (χ4v) is 3.91. The van der Waals surface area contributed by atoms with Gasteiger partial charge in [-0.3, -0.25) is 28.9 Å². The lowest BCUT2D eigenvalue weighted by Crippen LogP contribution is -2.47. The molecule has 1 aromatic rings. The SMILES string of the molecule is CCCCCCOC(=O)CCc1ccc2c(c1)C(=O)N(C1CCC(=O)CC1=O)C2=O. The molecule has 7 nitrogen and oxygen atoms in total. The molecular formula is C23H27NO6. The molecule has 0 saturated heterocycles. The Morgan fingerprint density at radius 2 is 1.83 bits per heavy atom. The van der Waals surface area contributed by atoms with Crippen molar-refractivity contribution in [3.63, 3.8) is 0 Å². The van der Waals surface area contributed by atoms with Crippen LogP contribution in [0.5, 0.6) is 0 Å². The van der Waals surface area contributed by atoms with E-state index in [0.29, 0.717) is 13.0 Å². The van der Waals surface area contributed by atoms with Crippen LogP contribution in [0.2, 0.25) is 0 Å². The second-order valence-corrected chi connectivity index (χ2v) is 7.88. The van der Waals surface area contributed by atoms with Crippen molar-refractivity contribution in [1.29, 1.82) is 0 Å². The number of nitrogens with zero attached hydrogens (tertiary/aromatic N) is 1. The van der Waals surface area contributed by atoms with Crippen molar-refractivity contribution in [3.8, 4) is 0 Å². The summed E-state index contributed by atoms with van der Waals surface area (Å²) in [5.74, 6) is -1.84. The fourth-order valence-electron chi connectivity index (χ4n) is 3.91. The minimum atomic E-state index is -0.874. The molecular weight excluding hydrogens is 386 g/mol. The van der Waals surface area contributed by atoms with Crippen LogP contribution in [0.4, 0.5) is 0 Å². The highest BCUT2D eigenvalue weighted by Gasteiger charge is 2.44. The van der Waals surface area contributed by atoms with Gasteiger partial charge in [0.15, 0.2) is 5.78 Å². The van der Waals surface area contributed by atoms with Gasteiger partial charge in [-0.25, -0.2) is 0 Å². The average molecular weight is 413 g/mol. The van der Waals surface area contributed by atoms with Gasteiger partial charge >= 0.3 is 5.97 Å². The molecule has 2 aliphatic rings. The van der Waals surface area contributed by atoms with Gasteiger partial charge in [-0.1, -0.05) is 32.3 Å². The van der Waals surface area contributed by atoms with Gasteiger partial charge in [0.05, 0.1) is 30.2 Å². The predicted molar refractivity (Wildman–Crippen MR) is 108 cm³/mol. The number of aryl methyl sites for hydroxylation is 1. The lowest BCUT2D eigenvalue weighted by molar-refractivity contribution is -0.143. The number of fused-ring (bicyclic) bond motifs is 1. The molecule has 30 heavy (non-hydrogen) atoms. The van der Waals surface area contributed by atoms with Crippen molar-refractivity contribution >= 4 is 29.4 Å². The van der Waals surface area contributed by atoms with Gasteiger partial charge in [-0.15, -0.1) is 0 Å². The third kappa shape index (κ3) is 4.83. The number of hydrogen-bond donors (Lipinski definition) is 0. The molecule has 1 aromatic carbocycles. The quantitative estimate of drug-likeness (QED) is 0.267. The number of Topliss-reactive ketones (excluding diaryl/α,β-unsaturated/α-hetero) is 2. The number of unbranched alkanes of at least 4 members (excludes halogenated alkanes) is 3. The zero-order chi connectivity index (χ0) is 21.7. The van der Waals surface area contributed by atoms with E-state index in [1.807, 2.05) is 0 Å². The molecule has 7 heteroatoms. The Morgan fingerprint density at radius 3 is 2.57 bits per heavy atom. The van der Waals surface area contributed by atoms with Crippen molar-refractivity contribution in [1.82, 2.24) is 4.90 Å². The van der Waals surface area contributed by atoms with Crippen molar-refractivity contribution < 1.29 is 28.7 Å². The number of carbonyl (C=O) groups excluding carboxylic acids is 5. The topological polar surface area (TPSA) is 97.8 Å². The average Bonchev–Trinajstić information content (AvgIpc) is 2.96. The van der Waals surface area contributed by atoms with Crippen molar-refractivity contribution in [2.24, 2.45) is 0 Å². The molecule has 1 fully saturated rings. The summed E-state index contributed by atoms with van der Waals surface area (Å²) in [7, 11) is 0. The Kier molecular flexibility index (Phi) is 7.13. The summed E-state index contributed by atoms with van der Waals surface area (Å²) in [6.07, 6.45) is 4.88. The fraction of sp³-hybridized carbons (Fsp3) is 0.522. The number of carbonyl (C=O) groups is 5. The number of imide groups is 1. The molecule has 1 atom stereocenters. The number of amides is 2. The van der Waals surface area contributed by atoms with E-state index >= 15 is 0 Å². The molecule has 0 N–H and O–H groups in total. The lowest BCUT2D eigenvalue weighted by Gasteiger charge is -2.27. The summed E-state index contributed by atoms with van der Waals surface area (Å²) in [6.45, 7) is 2.54. The maximum Gasteiger partial charge on any atom is 0.306 e. The number of benzene rings is 1. The minimum absolute atomic E-state index is 0.160. The molecule has 2 amide bonds. The summed E-state index contributed by atoms with van der Waals surface area (Å²) < 4.78 is 5.22. The zero-order valence-electron chi connectivity index (χ0n) is 17.3. The number of ether oxygens (including phenoxy) is 1. The number of ketones is 2. The highest BCUT2D eigenvalue weighted by atomic mass is 16.5. The monoisotopic (exact) mass is 413 g/mol. The Morgan fingerprint density at radius 1 is 1.07 bits per heavy atom. The number of hydrogen-bond acceptors (Lipinski definition) is 6. The van der Waals surface area contributed by atoms with Crippen LogP contribution in [0.15, 0.2) is 18.2 Å². The first kappa shape index (κ1) is 21.9. The number of esters is 1. The number of rotatable bonds is 9. The van der Waals surface area contributed by atoms with Crippen LogP contribution in [-0.4, -0.2) is 46.9 Å². The predicted octanol–water partition coefficient (Wildman–Crippen LogP) is 3.03. The summed E-state index contributed by atoms with van der Waals surface area (Å²) in [4.78, 5) is 62.1. The molecule has 0 radical (unpaired) electrons. The van der Waals surface area contributed by atoms with Crippen LogP contribution in [0.3, 0.4) is 0 Å². The highest BCUT2D eigenvalue weighted by molar-refractivity contribution is 6.23. The first-order valence-corrected chi connectivity index (χ1v) is 10.6. The first-order chi connectivity index (χ1) is 14.4. The lowest BCUT2D eigenvalue weighted by atomic mass is 9.92. The van der Waals surface area contributed by atoms with Crippen LogP contribution < -0.4 is 0 Å². The van der Waals surface area contributed by atoms with Gasteiger partial charge in [0.1, 0.15) is 5.78 Å². The smallest absolute Gasteiger partial charge is 0.306 e. The summed E-state index contributed by atoms with van der Waals surface area (Å²) in [6, 6.07) is 4.03. The third-order valence-electron chi connectivity index (χ3n) is 5.61. The van der Waals surface area contributed by atoms with Crippen LogP contribution in [0, 0.1) is 0 Å². The summed E-state index contributed by atoms with van der Waals surface area (Å²) in [5.41, 5.74) is 1.26. The van der Waals surface area contributed by atoms with E-state index in [1.165, 1.54) is 0 Å². The molecule has 1 aliphatic heterocycles. The van der Waals surface area contributed by atoms with Crippen LogP contribution in [0.25, 0.3) is 0 Å². The zero-order valence-corrected chi connectivity index (χ0v) is 17.3. The van der Waals surface area contributed by atoms with Gasteiger partial charge in [-0.2, -0.15) is 0 Å². The van der Waals surface area contributed by atoms with E-state index in [9.17, 15) is 24.0 Å². The Bertz CT molecular complexity index is 874. The summed E-state index contributed by atoms with van der Waals surface area (Å²) in [5, 5.41) is 0. The first-order valence-electron chi connectivity index (χ1n) is 10.6. The van der Waals surface area contributed by atoms with Crippen LogP contribution in [-0.2, 0) is 25.5 Å². The normalized spacial score (nSPS) is 18.7. The van der Waals surface area contributed by atoms with Gasteiger partial charge in [0, 0.05) is 12.8 Å². The second kappa shape index (κ2) is 9.78. The van der Waals surface area contributed by atoms with Crippen LogP contribution in [0.1, 0.15) is 84.6 Å². The van der Waals surface area contributed by atoms with E-state index in [-0.39, 0.29) is 54.3 Å². The van der Waals surface area contributed by atoms with Gasteiger partial charge in [-0.05, 0) is 37.0 Å². The Hall–Kier alpha value is -2.83. The molecule has 1 unspecified atom stereocenters. The second-order valence-electron chi connectivity index (χ2n) is 7.88. The summed E-state index contributed by atoms with van der Waals surface area (Å²) >= 11 is 0. The standard InChI is InChI=1S/C23H27NO6/c1-2-3-4-5-12-30-21(27)11-7-15-6-9-17-18(13-15)23(29)24(22(17)28)19-10-8-16(25)14-20(19)26/h6,9,13,19H,2-5,7-8,10-12,14H2,1H3. The minimum Gasteiger partial charge on any atom is -0.466 e. The largest absolute Gasteiger partial charge is 0.466 e. The van der Waals surface area contributed by atoms with Gasteiger partial charge < -0.3 is 4.74 Å². The molecule has 3 rings (SSSR count). The Balaban J connectivity index is 1.59. The third-order valence-corrected chi connectivity index (χ3v) is 5.61. The molecule has 0 bridgehead atoms. The van der Waals surface area contributed by atoms with Gasteiger partial charge in [0.25, 0.3) is 11.8 Å². The molecule has 1 heterocycles. The van der Waals surface area contributed by atoms with E-state index in [1.54, 1.807) is 18.2 Å². The molecule has 1 aliphatic carbocycles. The van der Waals surface area contributed by atoms with Crippen molar-refractivity contribution in [3.05, 3.63) is 34.9 Å². The molecule has 0 spiro atoms. The maximum atomic E-state index is 12.8. The molecule has 0 aromatic heterocycles. The van der Waals surface area contributed by atoms with Crippen LogP contribution >= 0.6 is 0 Å². The van der Waals surface area contributed by atoms with E-state index < -0.39 is 17.9 Å². The highest BCUT2D eigenvalue weighted by Crippen LogP contribution is 2.29. The van der Waals surface area contributed by atoms with Crippen molar-refractivity contribution in [2.45, 2.75) is 70.8 Å². The Labute approximate surface area is 175 Å². The van der Waals surface area contributed by atoms with Crippen molar-refractivity contribution in [2.75, 3.05) is 6.61 Å². The van der Waals surface area contributed by atoms with E-state index in [0.717, 1.165) is 36.1 Å². The maximum absolute atomic E-state index is 12.8. The van der Waals surface area contributed by atoms with Gasteiger partial charge in [0.2, 0.25) is 0 Å². The van der Waals surface area contributed by atoms with E-state index in [4.69, 9.17) is 4.74 Å². The molecule has 160 valence electrons.